The predicted octanol–water partition coefficient (Wildman–Crippen LogP) is 3.61. The Morgan fingerprint density at radius 1 is 1.03 bits per heavy atom. The molecular formula is C24H26O5. The van der Waals surface area contributed by atoms with Gasteiger partial charge >= 0.3 is 0 Å². The van der Waals surface area contributed by atoms with Crippen LogP contribution in [0, 0.1) is 0 Å². The number of rotatable bonds is 3. The summed E-state index contributed by atoms with van der Waals surface area (Å²) in [4.78, 5) is 0. The monoisotopic (exact) mass is 394 g/mol. The molecule has 1 aliphatic heterocycles. The normalized spacial score (nSPS) is 34.2. The van der Waals surface area contributed by atoms with Crippen molar-refractivity contribution in [1.82, 2.24) is 0 Å². The van der Waals surface area contributed by atoms with E-state index in [9.17, 15) is 10.2 Å². The van der Waals surface area contributed by atoms with Crippen molar-refractivity contribution in [3.05, 3.63) is 76.9 Å². The standard InChI is InChI=1S/C24H26O5/c1-14-12-24(26)19(21-20(14)28-23(2,3)29-21)18-16(22(24)25)10-7-11-17(18)27-13-15-8-5-4-6-9-15/h4-12,19-22,25-26H,13H2,1-3H3/t19-,20-,21-,22+,24-/m0/s1. The Kier molecular flexibility index (Phi) is 4.16. The highest BCUT2D eigenvalue weighted by Gasteiger charge is 2.62. The summed E-state index contributed by atoms with van der Waals surface area (Å²) < 4.78 is 18.5. The molecule has 0 spiro atoms. The summed E-state index contributed by atoms with van der Waals surface area (Å²) in [5.74, 6) is -0.579. The van der Waals surface area contributed by atoms with E-state index in [4.69, 9.17) is 14.2 Å². The lowest BCUT2D eigenvalue weighted by molar-refractivity contribution is -0.152. The van der Waals surface area contributed by atoms with Crippen LogP contribution in [-0.2, 0) is 16.1 Å². The first-order valence-electron chi connectivity index (χ1n) is 10.0. The van der Waals surface area contributed by atoms with Gasteiger partial charge in [0.15, 0.2) is 5.79 Å². The molecule has 152 valence electrons. The Morgan fingerprint density at radius 2 is 1.79 bits per heavy atom. The summed E-state index contributed by atoms with van der Waals surface area (Å²) in [6.45, 7) is 6.08. The van der Waals surface area contributed by atoms with Crippen LogP contribution >= 0.6 is 0 Å². The van der Waals surface area contributed by atoms with E-state index in [0.717, 1.165) is 16.7 Å². The molecule has 0 bridgehead atoms. The van der Waals surface area contributed by atoms with Crippen LogP contribution in [0.4, 0.5) is 0 Å². The molecule has 0 radical (unpaired) electrons. The van der Waals surface area contributed by atoms with Crippen LogP contribution in [0.1, 0.15) is 49.5 Å². The summed E-state index contributed by atoms with van der Waals surface area (Å²) in [5.41, 5.74) is 1.96. The van der Waals surface area contributed by atoms with E-state index >= 15 is 0 Å². The maximum atomic E-state index is 11.6. The van der Waals surface area contributed by atoms with Crippen molar-refractivity contribution < 1.29 is 24.4 Å². The van der Waals surface area contributed by atoms with Gasteiger partial charge in [0.05, 0.1) is 5.92 Å². The Hall–Kier alpha value is -2.18. The molecule has 1 saturated heterocycles. The summed E-state index contributed by atoms with van der Waals surface area (Å²) in [6.07, 6.45) is 0.0221. The van der Waals surface area contributed by atoms with Crippen LogP contribution in [0.25, 0.3) is 0 Å². The maximum absolute atomic E-state index is 11.6. The van der Waals surface area contributed by atoms with E-state index in [1.54, 1.807) is 6.08 Å². The summed E-state index contributed by atoms with van der Waals surface area (Å²) >= 11 is 0. The first kappa shape index (κ1) is 18.8. The van der Waals surface area contributed by atoms with Gasteiger partial charge in [-0.15, -0.1) is 0 Å². The van der Waals surface area contributed by atoms with Crippen molar-refractivity contribution in [2.45, 2.75) is 63.0 Å². The second kappa shape index (κ2) is 6.41. The maximum Gasteiger partial charge on any atom is 0.164 e. The van der Waals surface area contributed by atoms with E-state index in [-0.39, 0.29) is 6.10 Å². The van der Waals surface area contributed by atoms with E-state index in [1.807, 2.05) is 69.3 Å². The summed E-state index contributed by atoms with van der Waals surface area (Å²) in [5, 5.41) is 22.6. The van der Waals surface area contributed by atoms with Crippen LogP contribution in [0.5, 0.6) is 5.75 Å². The highest BCUT2D eigenvalue weighted by Crippen LogP contribution is 2.59. The zero-order chi connectivity index (χ0) is 20.4. The minimum atomic E-state index is -1.45. The molecule has 1 heterocycles. The second-order valence-electron chi connectivity index (χ2n) is 8.71. The number of ether oxygens (including phenoxy) is 3. The third kappa shape index (κ3) is 2.84. The largest absolute Gasteiger partial charge is 0.489 e. The van der Waals surface area contributed by atoms with Crippen molar-refractivity contribution in [2.24, 2.45) is 0 Å². The van der Waals surface area contributed by atoms with Gasteiger partial charge in [-0.2, -0.15) is 0 Å². The zero-order valence-corrected chi connectivity index (χ0v) is 16.8. The van der Waals surface area contributed by atoms with Gasteiger partial charge in [-0.3, -0.25) is 0 Å². The van der Waals surface area contributed by atoms with Gasteiger partial charge in [0, 0.05) is 5.56 Å². The highest BCUT2D eigenvalue weighted by molar-refractivity contribution is 5.55. The quantitative estimate of drug-likeness (QED) is 0.779. The number of hydrogen-bond acceptors (Lipinski definition) is 5. The highest BCUT2D eigenvalue weighted by atomic mass is 16.8. The molecule has 2 aromatic rings. The third-order valence-electron chi connectivity index (χ3n) is 6.24. The molecule has 2 aromatic carbocycles. The molecule has 29 heavy (non-hydrogen) atoms. The molecule has 5 rings (SSSR count). The molecule has 0 saturated carbocycles. The first-order valence-corrected chi connectivity index (χ1v) is 10.0. The average molecular weight is 394 g/mol. The molecule has 0 unspecified atom stereocenters. The van der Waals surface area contributed by atoms with Gasteiger partial charge in [0.1, 0.15) is 36.3 Å². The van der Waals surface area contributed by atoms with Gasteiger partial charge < -0.3 is 24.4 Å². The molecule has 1 fully saturated rings. The van der Waals surface area contributed by atoms with Crippen LogP contribution in [-0.4, -0.2) is 33.8 Å². The van der Waals surface area contributed by atoms with Crippen molar-refractivity contribution in [1.29, 1.82) is 0 Å². The molecule has 2 aliphatic carbocycles. The zero-order valence-electron chi connectivity index (χ0n) is 16.8. The van der Waals surface area contributed by atoms with Crippen molar-refractivity contribution in [3.63, 3.8) is 0 Å². The van der Waals surface area contributed by atoms with E-state index in [1.165, 1.54) is 0 Å². The fourth-order valence-electron chi connectivity index (χ4n) is 5.07. The Balaban J connectivity index is 1.58. The van der Waals surface area contributed by atoms with E-state index < -0.39 is 29.5 Å². The number of aliphatic hydroxyl groups is 2. The van der Waals surface area contributed by atoms with Crippen molar-refractivity contribution in [2.75, 3.05) is 0 Å². The lowest BCUT2D eigenvalue weighted by Crippen LogP contribution is -2.48. The predicted molar refractivity (Wildman–Crippen MR) is 107 cm³/mol. The lowest BCUT2D eigenvalue weighted by Gasteiger charge is -2.40. The number of benzene rings is 2. The van der Waals surface area contributed by atoms with Crippen molar-refractivity contribution >= 4 is 0 Å². The smallest absolute Gasteiger partial charge is 0.164 e. The Morgan fingerprint density at radius 3 is 2.55 bits per heavy atom. The van der Waals surface area contributed by atoms with Crippen LogP contribution in [0.15, 0.2) is 60.2 Å². The summed E-state index contributed by atoms with van der Waals surface area (Å²) in [6, 6.07) is 15.5. The van der Waals surface area contributed by atoms with Gasteiger partial charge in [-0.05, 0) is 49.6 Å². The number of aliphatic hydroxyl groups excluding tert-OH is 1. The molecule has 0 amide bonds. The van der Waals surface area contributed by atoms with Gasteiger partial charge in [0.25, 0.3) is 0 Å². The van der Waals surface area contributed by atoms with Crippen LogP contribution in [0.2, 0.25) is 0 Å². The Labute approximate surface area is 170 Å². The van der Waals surface area contributed by atoms with Gasteiger partial charge in [-0.25, -0.2) is 0 Å². The summed E-state index contributed by atoms with van der Waals surface area (Å²) in [7, 11) is 0. The molecule has 2 N–H and O–H groups in total. The number of fused-ring (bicyclic) bond motifs is 5. The van der Waals surface area contributed by atoms with E-state index in [2.05, 4.69) is 0 Å². The molecule has 5 nitrogen and oxygen atoms in total. The SMILES string of the molecule is CC1=C[C@@]2(O)[C@H](O)c3cccc(OCc4ccccc4)c3[C@H]2[C@@H]2OC(C)(C)O[C@@H]12. The second-order valence-corrected chi connectivity index (χ2v) is 8.71. The molecular weight excluding hydrogens is 368 g/mol. The molecule has 3 aliphatic rings. The fraction of sp³-hybridized carbons (Fsp3) is 0.417. The molecule has 0 aromatic heterocycles. The van der Waals surface area contributed by atoms with Crippen LogP contribution in [0.3, 0.4) is 0 Å². The van der Waals surface area contributed by atoms with Gasteiger partial charge in [0.2, 0.25) is 0 Å². The van der Waals surface area contributed by atoms with Crippen LogP contribution < -0.4 is 4.74 Å². The Bertz CT molecular complexity index is 966. The lowest BCUT2D eigenvalue weighted by atomic mass is 9.73. The first-order chi connectivity index (χ1) is 13.8. The third-order valence-corrected chi connectivity index (χ3v) is 6.24. The fourth-order valence-corrected chi connectivity index (χ4v) is 5.07. The van der Waals surface area contributed by atoms with Crippen molar-refractivity contribution in [3.8, 4) is 5.75 Å². The average Bonchev–Trinajstić information content (AvgIpc) is 3.13. The molecule has 5 atom stereocenters. The van der Waals surface area contributed by atoms with E-state index in [0.29, 0.717) is 17.9 Å². The number of hydrogen-bond donors (Lipinski definition) is 2. The minimum absolute atomic E-state index is 0.268. The topological polar surface area (TPSA) is 68.2 Å². The molecule has 5 heteroatoms. The van der Waals surface area contributed by atoms with Gasteiger partial charge in [-0.1, -0.05) is 42.5 Å². The minimum Gasteiger partial charge on any atom is -0.489 e.